The fourth-order valence-electron chi connectivity index (χ4n) is 1.73. The molecule has 2 N–H and O–H groups in total. The predicted molar refractivity (Wildman–Crippen MR) is 72.9 cm³/mol. The monoisotopic (exact) mass is 257 g/mol. The van der Waals surface area contributed by atoms with Gasteiger partial charge in [0.15, 0.2) is 0 Å². The first-order valence-electron chi connectivity index (χ1n) is 6.02. The molecule has 0 spiro atoms. The van der Waals surface area contributed by atoms with Gasteiger partial charge in [0, 0.05) is 12.1 Å². The quantitative estimate of drug-likeness (QED) is 0.859. The van der Waals surface area contributed by atoms with Crippen LogP contribution < -0.4 is 5.32 Å². The molecule has 2 rings (SSSR count). The zero-order valence-corrected chi connectivity index (χ0v) is 10.6. The van der Waals surface area contributed by atoms with Gasteiger partial charge in [-0.1, -0.05) is 24.3 Å². The molecule has 0 saturated carbocycles. The van der Waals surface area contributed by atoms with E-state index >= 15 is 0 Å². The van der Waals surface area contributed by atoms with Gasteiger partial charge in [-0.05, 0) is 24.6 Å². The Morgan fingerprint density at radius 3 is 2.63 bits per heavy atom. The Morgan fingerprint density at radius 2 is 2.00 bits per heavy atom. The number of carbonyl (C=O) groups is 1. The van der Waals surface area contributed by atoms with E-state index < -0.39 is 5.97 Å². The largest absolute Gasteiger partial charge is 0.481 e. The molecule has 0 aliphatic carbocycles. The van der Waals surface area contributed by atoms with E-state index in [1.807, 2.05) is 37.3 Å². The minimum atomic E-state index is -0.836. The van der Waals surface area contributed by atoms with Crippen molar-refractivity contribution in [2.75, 3.05) is 11.9 Å². The highest BCUT2D eigenvalue weighted by molar-refractivity contribution is 5.67. The van der Waals surface area contributed by atoms with Crippen molar-refractivity contribution < 1.29 is 9.90 Å². The highest BCUT2D eigenvalue weighted by Crippen LogP contribution is 2.20. The molecule has 0 atom stereocenters. The van der Waals surface area contributed by atoms with Crippen molar-refractivity contribution in [1.29, 1.82) is 0 Å². The molecule has 19 heavy (non-hydrogen) atoms. The van der Waals surface area contributed by atoms with Crippen LogP contribution in [0.3, 0.4) is 0 Å². The zero-order chi connectivity index (χ0) is 13.7. The van der Waals surface area contributed by atoms with E-state index in [0.29, 0.717) is 12.4 Å². The first-order chi connectivity index (χ1) is 9.16. The number of benzene rings is 1. The van der Waals surface area contributed by atoms with E-state index in [-0.39, 0.29) is 6.42 Å². The second-order valence-electron chi connectivity index (χ2n) is 4.19. The lowest BCUT2D eigenvalue weighted by Crippen LogP contribution is -2.09. The Morgan fingerprint density at radius 1 is 1.21 bits per heavy atom. The second kappa shape index (κ2) is 5.95. The lowest BCUT2D eigenvalue weighted by atomic mass is 10.1. The number of nitrogens with zero attached hydrogens (tertiary/aromatic N) is 2. The average molecular weight is 257 g/mol. The van der Waals surface area contributed by atoms with E-state index in [0.717, 1.165) is 16.8 Å². The van der Waals surface area contributed by atoms with Gasteiger partial charge >= 0.3 is 5.97 Å². The summed E-state index contributed by atoms with van der Waals surface area (Å²) in [5.41, 5.74) is 3.00. The first kappa shape index (κ1) is 13.0. The molecule has 0 aliphatic heterocycles. The molecule has 5 heteroatoms. The molecule has 0 saturated heterocycles. The summed E-state index contributed by atoms with van der Waals surface area (Å²) in [5, 5.41) is 19.6. The summed E-state index contributed by atoms with van der Waals surface area (Å²) in [4.78, 5) is 10.4. The number of aliphatic carboxylic acids is 1. The van der Waals surface area contributed by atoms with Crippen LogP contribution >= 0.6 is 0 Å². The molecule has 1 aromatic carbocycles. The van der Waals surface area contributed by atoms with Crippen LogP contribution in [-0.4, -0.2) is 27.8 Å². The van der Waals surface area contributed by atoms with Crippen LogP contribution in [0.5, 0.6) is 0 Å². The molecule has 0 radical (unpaired) electrons. The van der Waals surface area contributed by atoms with Crippen LogP contribution in [0.1, 0.15) is 12.0 Å². The number of aromatic nitrogens is 2. The van der Waals surface area contributed by atoms with Crippen molar-refractivity contribution in [2.45, 2.75) is 13.3 Å². The van der Waals surface area contributed by atoms with Gasteiger partial charge in [-0.25, -0.2) is 0 Å². The minimum absolute atomic E-state index is 0.0568. The third-order valence-corrected chi connectivity index (χ3v) is 2.73. The molecule has 0 unspecified atom stereocenters. The Kier molecular flexibility index (Phi) is 4.07. The lowest BCUT2D eigenvalue weighted by molar-refractivity contribution is -0.136. The number of hydrogen-bond donors (Lipinski definition) is 2. The Labute approximate surface area is 111 Å². The van der Waals surface area contributed by atoms with Crippen LogP contribution in [0.25, 0.3) is 11.3 Å². The minimum Gasteiger partial charge on any atom is -0.481 e. The van der Waals surface area contributed by atoms with Crippen molar-refractivity contribution in [1.82, 2.24) is 10.2 Å². The molecule has 5 nitrogen and oxygen atoms in total. The van der Waals surface area contributed by atoms with Gasteiger partial charge in [-0.3, -0.25) is 4.79 Å². The predicted octanol–water partition coefficient (Wildman–Crippen LogP) is 2.34. The maximum Gasteiger partial charge on any atom is 0.305 e. The summed E-state index contributed by atoms with van der Waals surface area (Å²) >= 11 is 0. The third kappa shape index (κ3) is 3.51. The van der Waals surface area contributed by atoms with Gasteiger partial charge in [0.05, 0.1) is 12.1 Å². The van der Waals surface area contributed by atoms with Crippen LogP contribution in [-0.2, 0) is 4.79 Å². The van der Waals surface area contributed by atoms with Gasteiger partial charge < -0.3 is 10.4 Å². The number of carboxylic acid groups (broad SMARTS) is 1. The molecule has 0 aliphatic rings. The number of nitrogens with one attached hydrogen (secondary N) is 1. The molecular weight excluding hydrogens is 242 g/mol. The number of rotatable bonds is 5. The van der Waals surface area contributed by atoms with E-state index in [2.05, 4.69) is 15.5 Å². The summed E-state index contributed by atoms with van der Waals surface area (Å²) in [7, 11) is 0. The van der Waals surface area contributed by atoms with Crippen LogP contribution in [0.4, 0.5) is 5.82 Å². The standard InChI is InChI=1S/C14H15N3O2/c1-10-4-2-3-5-11(10)12-6-7-13(17-16-12)15-9-8-14(18)19/h2-7H,8-9H2,1H3,(H,15,17)(H,18,19). The first-order valence-corrected chi connectivity index (χ1v) is 6.02. The molecule has 1 heterocycles. The highest BCUT2D eigenvalue weighted by Gasteiger charge is 2.04. The van der Waals surface area contributed by atoms with Crippen molar-refractivity contribution in [3.8, 4) is 11.3 Å². The maximum atomic E-state index is 10.4. The molecule has 0 bridgehead atoms. The van der Waals surface area contributed by atoms with Gasteiger partial charge in [-0.2, -0.15) is 0 Å². The van der Waals surface area contributed by atoms with E-state index in [9.17, 15) is 4.79 Å². The zero-order valence-electron chi connectivity index (χ0n) is 10.6. The van der Waals surface area contributed by atoms with Crippen molar-refractivity contribution in [3.05, 3.63) is 42.0 Å². The van der Waals surface area contributed by atoms with E-state index in [1.54, 1.807) is 6.07 Å². The number of carboxylic acids is 1. The maximum absolute atomic E-state index is 10.4. The topological polar surface area (TPSA) is 75.1 Å². The smallest absolute Gasteiger partial charge is 0.305 e. The van der Waals surface area contributed by atoms with E-state index in [1.165, 1.54) is 0 Å². The lowest BCUT2D eigenvalue weighted by Gasteiger charge is -2.06. The van der Waals surface area contributed by atoms with Crippen molar-refractivity contribution in [2.24, 2.45) is 0 Å². The number of anilines is 1. The van der Waals surface area contributed by atoms with Crippen LogP contribution in [0.2, 0.25) is 0 Å². The molecular formula is C14H15N3O2. The van der Waals surface area contributed by atoms with E-state index in [4.69, 9.17) is 5.11 Å². The van der Waals surface area contributed by atoms with Gasteiger partial charge in [0.25, 0.3) is 0 Å². The molecule has 2 aromatic rings. The summed E-state index contributed by atoms with van der Waals surface area (Å²) in [6.07, 6.45) is 0.0568. The molecule has 0 amide bonds. The summed E-state index contributed by atoms with van der Waals surface area (Å²) < 4.78 is 0. The average Bonchev–Trinajstić information content (AvgIpc) is 2.40. The van der Waals surface area contributed by atoms with Crippen molar-refractivity contribution in [3.63, 3.8) is 0 Å². The van der Waals surface area contributed by atoms with Gasteiger partial charge in [0.1, 0.15) is 5.82 Å². The highest BCUT2D eigenvalue weighted by atomic mass is 16.4. The Hall–Kier alpha value is -2.43. The van der Waals surface area contributed by atoms with Crippen molar-refractivity contribution >= 4 is 11.8 Å². The van der Waals surface area contributed by atoms with Crippen LogP contribution in [0.15, 0.2) is 36.4 Å². The Bertz CT molecular complexity index is 567. The Balaban J connectivity index is 2.06. The van der Waals surface area contributed by atoms with Gasteiger partial charge in [0.2, 0.25) is 0 Å². The van der Waals surface area contributed by atoms with Crippen LogP contribution in [0, 0.1) is 6.92 Å². The number of hydrogen-bond acceptors (Lipinski definition) is 4. The summed E-state index contributed by atoms with van der Waals surface area (Å²) in [5.74, 6) is -0.254. The third-order valence-electron chi connectivity index (χ3n) is 2.73. The summed E-state index contributed by atoms with van der Waals surface area (Å²) in [6.45, 7) is 2.36. The van der Waals surface area contributed by atoms with Gasteiger partial charge in [-0.15, -0.1) is 10.2 Å². The summed E-state index contributed by atoms with van der Waals surface area (Å²) in [6, 6.07) is 11.6. The second-order valence-corrected chi connectivity index (χ2v) is 4.19. The molecule has 98 valence electrons. The molecule has 0 fully saturated rings. The normalized spacial score (nSPS) is 10.2. The SMILES string of the molecule is Cc1ccccc1-c1ccc(NCCC(=O)O)nn1. The number of aryl methyl sites for hydroxylation is 1. The molecule has 1 aromatic heterocycles. The fourth-order valence-corrected chi connectivity index (χ4v) is 1.73. The fraction of sp³-hybridized carbons (Fsp3) is 0.214.